The molecule has 1 aromatic rings. The summed E-state index contributed by atoms with van der Waals surface area (Å²) in [4.78, 5) is 15.9. The molecule has 0 saturated heterocycles. The number of nitrogens with one attached hydrogen (secondary N) is 1. The van der Waals surface area contributed by atoms with Gasteiger partial charge in [-0.2, -0.15) is 0 Å². The van der Waals surface area contributed by atoms with Crippen molar-refractivity contribution in [2.24, 2.45) is 11.7 Å². The number of nitrogens with two attached hydrogens (primary N) is 1. The number of rotatable bonds is 4. The van der Waals surface area contributed by atoms with Gasteiger partial charge in [0.25, 0.3) is 0 Å². The largest absolute Gasteiger partial charge is 0.354 e. The Bertz CT molecular complexity index is 397. The van der Waals surface area contributed by atoms with Gasteiger partial charge in [-0.3, -0.25) is 4.79 Å². The van der Waals surface area contributed by atoms with Gasteiger partial charge >= 0.3 is 0 Å². The van der Waals surface area contributed by atoms with Crippen LogP contribution in [-0.4, -0.2) is 28.0 Å². The number of nitrogens with zero attached hydrogens (tertiary/aromatic N) is 2. The van der Waals surface area contributed by atoms with Crippen molar-refractivity contribution >= 4 is 30.7 Å². The van der Waals surface area contributed by atoms with Crippen molar-refractivity contribution in [3.05, 3.63) is 18.2 Å². The molecular formula is C12H22Cl2N4O. The van der Waals surface area contributed by atoms with Crippen LogP contribution in [-0.2, 0) is 11.3 Å². The average molecular weight is 309 g/mol. The summed E-state index contributed by atoms with van der Waals surface area (Å²) >= 11 is 0. The van der Waals surface area contributed by atoms with E-state index in [1.54, 1.807) is 6.20 Å². The zero-order chi connectivity index (χ0) is 12.3. The number of aromatic nitrogens is 2. The molecule has 5 nitrogen and oxygen atoms in total. The molecule has 1 heterocycles. The molecule has 2 rings (SSSR count). The van der Waals surface area contributed by atoms with Crippen LogP contribution in [0, 0.1) is 12.8 Å². The Morgan fingerprint density at radius 2 is 2.26 bits per heavy atom. The third kappa shape index (κ3) is 5.01. The maximum absolute atomic E-state index is 11.8. The van der Waals surface area contributed by atoms with Crippen molar-refractivity contribution in [3.8, 4) is 0 Å². The highest BCUT2D eigenvalue weighted by molar-refractivity contribution is 5.85. The van der Waals surface area contributed by atoms with Gasteiger partial charge in [0.2, 0.25) is 5.91 Å². The second-order valence-corrected chi connectivity index (χ2v) is 4.73. The van der Waals surface area contributed by atoms with E-state index in [1.807, 2.05) is 17.7 Å². The third-order valence-electron chi connectivity index (χ3n) is 3.42. The van der Waals surface area contributed by atoms with Crippen molar-refractivity contribution in [2.75, 3.05) is 6.54 Å². The number of carbonyl (C=O) groups excluding carboxylic acids is 1. The molecule has 1 aliphatic carbocycles. The van der Waals surface area contributed by atoms with Crippen molar-refractivity contribution in [1.29, 1.82) is 0 Å². The Morgan fingerprint density at radius 1 is 1.53 bits per heavy atom. The van der Waals surface area contributed by atoms with Gasteiger partial charge in [-0.1, -0.05) is 0 Å². The Balaban J connectivity index is 0.00000162. The van der Waals surface area contributed by atoms with E-state index < -0.39 is 0 Å². The van der Waals surface area contributed by atoms with Gasteiger partial charge in [0.1, 0.15) is 5.82 Å². The van der Waals surface area contributed by atoms with Crippen LogP contribution < -0.4 is 11.1 Å². The number of amides is 1. The molecule has 0 spiro atoms. The summed E-state index contributed by atoms with van der Waals surface area (Å²) < 4.78 is 2.03. The molecule has 1 saturated carbocycles. The first kappa shape index (κ1) is 18.2. The fraction of sp³-hybridized carbons (Fsp3) is 0.667. The molecule has 0 aliphatic heterocycles. The molecule has 0 aromatic carbocycles. The summed E-state index contributed by atoms with van der Waals surface area (Å²) in [6.07, 6.45) is 6.42. The third-order valence-corrected chi connectivity index (χ3v) is 3.42. The number of imidazole rings is 1. The minimum Gasteiger partial charge on any atom is -0.354 e. The molecule has 1 amide bonds. The molecule has 110 valence electrons. The maximum Gasteiger partial charge on any atom is 0.223 e. The van der Waals surface area contributed by atoms with Crippen LogP contribution in [0.5, 0.6) is 0 Å². The van der Waals surface area contributed by atoms with Gasteiger partial charge in [-0.15, -0.1) is 24.8 Å². The highest BCUT2D eigenvalue weighted by Crippen LogP contribution is 2.23. The standard InChI is InChI=1S/C12H20N4O.2ClH/c1-9-14-4-6-16(9)7-5-15-12(17)10-2-3-11(13)8-10;;/h4,6,10-11H,2-3,5,7-8,13H2,1H3,(H,15,17);2*1H. The lowest BCUT2D eigenvalue weighted by molar-refractivity contribution is -0.124. The summed E-state index contributed by atoms with van der Waals surface area (Å²) in [5.74, 6) is 1.24. The van der Waals surface area contributed by atoms with Crippen LogP contribution in [0.15, 0.2) is 12.4 Å². The second-order valence-electron chi connectivity index (χ2n) is 4.73. The lowest BCUT2D eigenvalue weighted by Crippen LogP contribution is -2.32. The van der Waals surface area contributed by atoms with Crippen molar-refractivity contribution in [1.82, 2.24) is 14.9 Å². The summed E-state index contributed by atoms with van der Waals surface area (Å²) in [7, 11) is 0. The number of hydrogen-bond donors (Lipinski definition) is 2. The zero-order valence-electron chi connectivity index (χ0n) is 11.0. The van der Waals surface area contributed by atoms with Crippen LogP contribution in [0.1, 0.15) is 25.1 Å². The highest BCUT2D eigenvalue weighted by Gasteiger charge is 2.27. The zero-order valence-corrected chi connectivity index (χ0v) is 12.7. The lowest BCUT2D eigenvalue weighted by atomic mass is 10.1. The number of hydrogen-bond acceptors (Lipinski definition) is 3. The van der Waals surface area contributed by atoms with E-state index in [-0.39, 0.29) is 42.7 Å². The normalized spacial score (nSPS) is 21.4. The van der Waals surface area contributed by atoms with Gasteiger partial charge in [0.05, 0.1) is 0 Å². The molecule has 19 heavy (non-hydrogen) atoms. The highest BCUT2D eigenvalue weighted by atomic mass is 35.5. The number of carbonyl (C=O) groups is 1. The maximum atomic E-state index is 11.8. The first-order valence-electron chi connectivity index (χ1n) is 6.18. The average Bonchev–Trinajstić information content (AvgIpc) is 2.88. The lowest BCUT2D eigenvalue weighted by Gasteiger charge is -2.11. The van der Waals surface area contributed by atoms with Crippen molar-refractivity contribution in [2.45, 2.75) is 38.8 Å². The molecule has 3 N–H and O–H groups in total. The smallest absolute Gasteiger partial charge is 0.223 e. The summed E-state index contributed by atoms with van der Waals surface area (Å²) in [6, 6.07) is 0.210. The van der Waals surface area contributed by atoms with Crippen molar-refractivity contribution < 1.29 is 4.79 Å². The monoisotopic (exact) mass is 308 g/mol. The molecule has 0 radical (unpaired) electrons. The molecular weight excluding hydrogens is 287 g/mol. The first-order valence-corrected chi connectivity index (χ1v) is 6.18. The molecule has 2 atom stereocenters. The minimum absolute atomic E-state index is 0. The topological polar surface area (TPSA) is 72.9 Å². The van der Waals surface area contributed by atoms with E-state index in [1.165, 1.54) is 0 Å². The van der Waals surface area contributed by atoms with Crippen LogP contribution in [0.25, 0.3) is 0 Å². The fourth-order valence-corrected chi connectivity index (χ4v) is 2.34. The van der Waals surface area contributed by atoms with Crippen LogP contribution in [0.3, 0.4) is 0 Å². The molecule has 2 unspecified atom stereocenters. The van der Waals surface area contributed by atoms with Crippen LogP contribution in [0.4, 0.5) is 0 Å². The molecule has 1 aliphatic rings. The molecule has 1 fully saturated rings. The Morgan fingerprint density at radius 3 is 2.79 bits per heavy atom. The number of halogens is 2. The SMILES string of the molecule is Cc1nccn1CCNC(=O)C1CCC(N)C1.Cl.Cl. The summed E-state index contributed by atoms with van der Waals surface area (Å²) in [5, 5.41) is 2.97. The number of aryl methyl sites for hydroxylation is 1. The van der Waals surface area contributed by atoms with E-state index in [4.69, 9.17) is 5.73 Å². The van der Waals surface area contributed by atoms with E-state index in [0.717, 1.165) is 31.6 Å². The van der Waals surface area contributed by atoms with E-state index in [0.29, 0.717) is 6.54 Å². The Hall–Kier alpha value is -0.780. The summed E-state index contributed by atoms with van der Waals surface area (Å²) in [6.45, 7) is 3.38. The van der Waals surface area contributed by atoms with Gasteiger partial charge in [-0.25, -0.2) is 4.98 Å². The van der Waals surface area contributed by atoms with E-state index in [2.05, 4.69) is 10.3 Å². The molecule has 1 aromatic heterocycles. The van der Waals surface area contributed by atoms with E-state index >= 15 is 0 Å². The Labute approximate surface area is 126 Å². The van der Waals surface area contributed by atoms with Crippen LogP contribution in [0.2, 0.25) is 0 Å². The van der Waals surface area contributed by atoms with Gasteiger partial charge in [0, 0.05) is 37.4 Å². The quantitative estimate of drug-likeness (QED) is 0.880. The minimum atomic E-state index is 0. The summed E-state index contributed by atoms with van der Waals surface area (Å²) in [5.41, 5.74) is 5.80. The molecule has 7 heteroatoms. The molecule has 0 bridgehead atoms. The Kier molecular flexibility index (Phi) is 8.06. The van der Waals surface area contributed by atoms with Crippen LogP contribution >= 0.6 is 24.8 Å². The van der Waals surface area contributed by atoms with Crippen molar-refractivity contribution in [3.63, 3.8) is 0 Å². The fourth-order valence-electron chi connectivity index (χ4n) is 2.34. The second kappa shape index (κ2) is 8.40. The predicted molar refractivity (Wildman–Crippen MR) is 79.8 cm³/mol. The van der Waals surface area contributed by atoms with Gasteiger partial charge in [0.15, 0.2) is 0 Å². The predicted octanol–water partition coefficient (Wildman–Crippen LogP) is 1.28. The van der Waals surface area contributed by atoms with Gasteiger partial charge < -0.3 is 15.6 Å². The van der Waals surface area contributed by atoms with Gasteiger partial charge in [-0.05, 0) is 26.2 Å². The van der Waals surface area contributed by atoms with E-state index in [9.17, 15) is 4.79 Å². The first-order chi connectivity index (χ1) is 8.16.